The molecule has 0 aliphatic heterocycles. The number of carbonyl (C=O) groups excluding carboxylic acids is 1. The molecular formula is C22H24N6OS. The van der Waals surface area contributed by atoms with Crippen LogP contribution in [0.4, 0.5) is 5.69 Å². The molecule has 0 unspecified atom stereocenters. The number of aryl methyl sites for hydroxylation is 3. The van der Waals surface area contributed by atoms with Gasteiger partial charge in [-0.25, -0.2) is 4.68 Å². The first kappa shape index (κ1) is 21.4. The van der Waals surface area contributed by atoms with E-state index in [0.29, 0.717) is 17.5 Å². The monoisotopic (exact) mass is 420 g/mol. The second kappa shape index (κ2) is 9.46. The van der Waals surface area contributed by atoms with E-state index in [1.54, 1.807) is 4.90 Å². The lowest BCUT2D eigenvalue weighted by Gasteiger charge is -2.22. The first-order chi connectivity index (χ1) is 14.4. The van der Waals surface area contributed by atoms with Gasteiger partial charge in [0.05, 0.1) is 18.2 Å². The van der Waals surface area contributed by atoms with Crippen LogP contribution in [0.1, 0.15) is 23.1 Å². The van der Waals surface area contributed by atoms with Crippen molar-refractivity contribution in [3.63, 3.8) is 0 Å². The highest BCUT2D eigenvalue weighted by atomic mass is 32.2. The number of benzene rings is 2. The number of nitrogen functional groups attached to an aromatic ring is 1. The molecule has 2 aromatic carbocycles. The van der Waals surface area contributed by atoms with Crippen LogP contribution in [0.2, 0.25) is 0 Å². The number of thioether (sulfide) groups is 1. The van der Waals surface area contributed by atoms with Crippen molar-refractivity contribution in [1.82, 2.24) is 14.9 Å². The van der Waals surface area contributed by atoms with Crippen LogP contribution in [0.25, 0.3) is 11.4 Å². The molecule has 3 rings (SSSR count). The maximum atomic E-state index is 13.0. The van der Waals surface area contributed by atoms with Gasteiger partial charge in [0.1, 0.15) is 0 Å². The lowest BCUT2D eigenvalue weighted by Crippen LogP contribution is -2.33. The molecule has 2 N–H and O–H groups in total. The Bertz CT molecular complexity index is 1060. The molecule has 1 aromatic heterocycles. The Morgan fingerprint density at radius 3 is 2.40 bits per heavy atom. The zero-order valence-corrected chi connectivity index (χ0v) is 18.1. The fourth-order valence-electron chi connectivity index (χ4n) is 3.15. The molecule has 0 bridgehead atoms. The molecule has 0 saturated heterocycles. The summed E-state index contributed by atoms with van der Waals surface area (Å²) in [4.78, 5) is 14.6. The molecule has 0 aliphatic rings. The fourth-order valence-corrected chi connectivity index (χ4v) is 3.88. The topological polar surface area (TPSA) is 101 Å². The van der Waals surface area contributed by atoms with Gasteiger partial charge in [0.2, 0.25) is 11.1 Å². The number of amides is 1. The van der Waals surface area contributed by atoms with Crippen molar-refractivity contribution in [3.05, 3.63) is 59.2 Å². The summed E-state index contributed by atoms with van der Waals surface area (Å²) in [6.07, 6.45) is 0.258. The van der Waals surface area contributed by atoms with E-state index in [1.165, 1.54) is 16.4 Å². The lowest BCUT2D eigenvalue weighted by molar-refractivity contribution is -0.116. The number of aromatic nitrogens is 3. The summed E-state index contributed by atoms with van der Waals surface area (Å²) in [5.41, 5.74) is 4.93. The molecule has 0 saturated carbocycles. The van der Waals surface area contributed by atoms with E-state index < -0.39 is 0 Å². The van der Waals surface area contributed by atoms with E-state index in [2.05, 4.69) is 22.3 Å². The lowest BCUT2D eigenvalue weighted by atomic mass is 10.1. The third kappa shape index (κ3) is 4.99. The van der Waals surface area contributed by atoms with Crippen LogP contribution in [-0.4, -0.2) is 33.1 Å². The van der Waals surface area contributed by atoms with Gasteiger partial charge >= 0.3 is 0 Å². The summed E-state index contributed by atoms with van der Waals surface area (Å²) in [6.45, 7) is 6.32. The summed E-state index contributed by atoms with van der Waals surface area (Å²) in [7, 11) is 0. The molecule has 7 nitrogen and oxygen atoms in total. The highest BCUT2D eigenvalue weighted by Crippen LogP contribution is 2.24. The maximum absolute atomic E-state index is 13.0. The van der Waals surface area contributed by atoms with Gasteiger partial charge in [-0.15, -0.1) is 10.2 Å². The predicted octanol–water partition coefficient (Wildman–Crippen LogP) is 3.62. The van der Waals surface area contributed by atoms with Crippen molar-refractivity contribution >= 4 is 23.4 Å². The standard InChI is InChI=1S/C22H24N6OS/c1-15-5-7-18(8-6-15)21-25-26-22(28(21)24)30-14-20(29)27(10-4-9-23)19-12-16(2)11-17(3)13-19/h5-8,11-13H,4,10,14,24H2,1-3H3. The van der Waals surface area contributed by atoms with Gasteiger partial charge in [0, 0.05) is 17.8 Å². The maximum Gasteiger partial charge on any atom is 0.237 e. The Balaban J connectivity index is 1.75. The number of rotatable bonds is 7. The van der Waals surface area contributed by atoms with Crippen molar-refractivity contribution in [1.29, 1.82) is 5.26 Å². The zero-order valence-electron chi connectivity index (χ0n) is 17.3. The molecule has 0 atom stereocenters. The third-order valence-corrected chi connectivity index (χ3v) is 5.49. The molecule has 0 radical (unpaired) electrons. The smallest absolute Gasteiger partial charge is 0.237 e. The van der Waals surface area contributed by atoms with Gasteiger partial charge in [-0.3, -0.25) is 4.79 Å². The van der Waals surface area contributed by atoms with E-state index >= 15 is 0 Å². The normalized spacial score (nSPS) is 10.6. The number of hydrogen-bond acceptors (Lipinski definition) is 6. The minimum absolute atomic E-state index is 0.111. The first-order valence-electron chi connectivity index (χ1n) is 9.55. The van der Waals surface area contributed by atoms with Gasteiger partial charge in [-0.2, -0.15) is 5.26 Å². The molecule has 1 heterocycles. The van der Waals surface area contributed by atoms with Crippen molar-refractivity contribution < 1.29 is 4.79 Å². The minimum atomic E-state index is -0.111. The average Bonchev–Trinajstić information content (AvgIpc) is 3.07. The molecule has 0 aliphatic carbocycles. The van der Waals surface area contributed by atoms with E-state index in [-0.39, 0.29) is 18.1 Å². The second-order valence-corrected chi connectivity index (χ2v) is 8.07. The van der Waals surface area contributed by atoms with Crippen LogP contribution in [-0.2, 0) is 4.79 Å². The van der Waals surface area contributed by atoms with Crippen LogP contribution in [0.15, 0.2) is 47.6 Å². The summed E-state index contributed by atoms with van der Waals surface area (Å²) < 4.78 is 1.40. The Kier molecular flexibility index (Phi) is 6.75. The van der Waals surface area contributed by atoms with Gasteiger partial charge in [0.15, 0.2) is 5.82 Å². The van der Waals surface area contributed by atoms with Crippen LogP contribution >= 0.6 is 11.8 Å². The van der Waals surface area contributed by atoms with Crippen molar-refractivity contribution in [3.8, 4) is 17.5 Å². The van der Waals surface area contributed by atoms with E-state index in [9.17, 15) is 4.79 Å². The van der Waals surface area contributed by atoms with Gasteiger partial charge in [-0.05, 0) is 44.0 Å². The van der Waals surface area contributed by atoms with Gasteiger partial charge in [0.25, 0.3) is 0 Å². The number of nitriles is 1. The van der Waals surface area contributed by atoms with Crippen molar-refractivity contribution in [2.75, 3.05) is 23.0 Å². The molecule has 30 heavy (non-hydrogen) atoms. The molecule has 154 valence electrons. The summed E-state index contributed by atoms with van der Waals surface area (Å²) in [6, 6.07) is 15.9. The predicted molar refractivity (Wildman–Crippen MR) is 120 cm³/mol. The highest BCUT2D eigenvalue weighted by Gasteiger charge is 2.19. The zero-order chi connectivity index (χ0) is 21.7. The Hall–Kier alpha value is -3.31. The van der Waals surface area contributed by atoms with Gasteiger partial charge in [-0.1, -0.05) is 47.7 Å². The average molecular weight is 421 g/mol. The largest absolute Gasteiger partial charge is 0.335 e. The number of carbonyl (C=O) groups is 1. The Morgan fingerprint density at radius 2 is 1.77 bits per heavy atom. The summed E-state index contributed by atoms with van der Waals surface area (Å²) in [5.74, 6) is 6.74. The number of hydrogen-bond donors (Lipinski definition) is 1. The highest BCUT2D eigenvalue weighted by molar-refractivity contribution is 7.99. The van der Waals surface area contributed by atoms with Crippen molar-refractivity contribution in [2.45, 2.75) is 32.3 Å². The molecule has 0 spiro atoms. The SMILES string of the molecule is Cc1ccc(-c2nnc(SCC(=O)N(CCC#N)c3cc(C)cc(C)c3)n2N)cc1. The summed E-state index contributed by atoms with van der Waals surface area (Å²) >= 11 is 1.23. The molecule has 8 heteroatoms. The molecule has 1 amide bonds. The van der Waals surface area contributed by atoms with Crippen LogP contribution < -0.4 is 10.7 Å². The van der Waals surface area contributed by atoms with E-state index in [0.717, 1.165) is 27.9 Å². The Morgan fingerprint density at radius 1 is 1.10 bits per heavy atom. The number of anilines is 1. The van der Waals surface area contributed by atoms with Crippen LogP contribution in [0.5, 0.6) is 0 Å². The quantitative estimate of drug-likeness (QED) is 0.463. The van der Waals surface area contributed by atoms with Gasteiger partial charge < -0.3 is 10.7 Å². The number of nitrogens with two attached hydrogens (primary N) is 1. The summed E-state index contributed by atoms with van der Waals surface area (Å²) in [5, 5.41) is 17.8. The van der Waals surface area contributed by atoms with Crippen LogP contribution in [0, 0.1) is 32.1 Å². The first-order valence-corrected chi connectivity index (χ1v) is 10.5. The number of nitrogens with zero attached hydrogens (tertiary/aromatic N) is 5. The Labute approximate surface area is 180 Å². The van der Waals surface area contributed by atoms with Crippen molar-refractivity contribution in [2.24, 2.45) is 0 Å². The third-order valence-electron chi connectivity index (χ3n) is 4.57. The van der Waals surface area contributed by atoms with E-state index in [1.807, 2.05) is 57.2 Å². The minimum Gasteiger partial charge on any atom is -0.335 e. The fraction of sp³-hybridized carbons (Fsp3) is 0.273. The second-order valence-electron chi connectivity index (χ2n) is 7.13. The molecular weight excluding hydrogens is 396 g/mol. The van der Waals surface area contributed by atoms with E-state index in [4.69, 9.17) is 11.1 Å². The molecule has 0 fully saturated rings. The molecule has 3 aromatic rings. The van der Waals surface area contributed by atoms with Crippen LogP contribution in [0.3, 0.4) is 0 Å².